The van der Waals surface area contributed by atoms with Gasteiger partial charge >= 0.3 is 0 Å². The maximum atomic E-state index is 12.3. The molecule has 5 heteroatoms. The number of aromatic nitrogens is 2. The number of aryl methyl sites for hydroxylation is 1. The van der Waals surface area contributed by atoms with Gasteiger partial charge in [0.1, 0.15) is 5.82 Å². The Hall–Kier alpha value is -1.88. The number of likely N-dealkylation sites (tertiary alicyclic amines) is 1. The first-order valence-electron chi connectivity index (χ1n) is 7.69. The lowest BCUT2D eigenvalue weighted by molar-refractivity contribution is -0.131. The SMILES string of the molecule is N[C@@H]1CCCN(C(=O)CCc2nc3ccccc3[nH]2)CC1. The molecule has 5 nitrogen and oxygen atoms in total. The number of imidazole rings is 1. The maximum Gasteiger partial charge on any atom is 0.223 e. The largest absolute Gasteiger partial charge is 0.343 e. The number of nitrogens with zero attached hydrogens (tertiary/aromatic N) is 2. The molecule has 0 saturated carbocycles. The monoisotopic (exact) mass is 286 g/mol. The van der Waals surface area contributed by atoms with Crippen LogP contribution in [0, 0.1) is 0 Å². The molecule has 0 bridgehead atoms. The Morgan fingerprint density at radius 2 is 2.19 bits per heavy atom. The summed E-state index contributed by atoms with van der Waals surface area (Å²) in [6.45, 7) is 1.63. The molecular weight excluding hydrogens is 264 g/mol. The Labute approximate surface area is 124 Å². The minimum atomic E-state index is 0.213. The molecule has 0 aliphatic carbocycles. The Kier molecular flexibility index (Phi) is 4.20. The number of nitrogens with one attached hydrogen (secondary N) is 1. The number of H-pyrrole nitrogens is 1. The van der Waals surface area contributed by atoms with Crippen LogP contribution in [0.25, 0.3) is 11.0 Å². The first-order chi connectivity index (χ1) is 10.2. The maximum absolute atomic E-state index is 12.3. The van der Waals surface area contributed by atoms with Crippen LogP contribution in [0.5, 0.6) is 0 Å². The first-order valence-corrected chi connectivity index (χ1v) is 7.69. The Balaban J connectivity index is 1.57. The number of carbonyl (C=O) groups excluding carboxylic acids is 1. The van der Waals surface area contributed by atoms with Crippen molar-refractivity contribution in [2.24, 2.45) is 5.73 Å². The molecule has 1 aromatic heterocycles. The van der Waals surface area contributed by atoms with Crippen LogP contribution in [-0.2, 0) is 11.2 Å². The fourth-order valence-corrected chi connectivity index (χ4v) is 2.88. The molecule has 2 heterocycles. The zero-order chi connectivity index (χ0) is 14.7. The van der Waals surface area contributed by atoms with Gasteiger partial charge in [0, 0.05) is 32.0 Å². The molecule has 0 unspecified atom stereocenters. The second kappa shape index (κ2) is 6.26. The van der Waals surface area contributed by atoms with Crippen LogP contribution < -0.4 is 5.73 Å². The first kappa shape index (κ1) is 14.1. The molecule has 3 rings (SSSR count). The van der Waals surface area contributed by atoms with Gasteiger partial charge in [-0.1, -0.05) is 12.1 Å². The van der Waals surface area contributed by atoms with E-state index in [4.69, 9.17) is 5.73 Å². The van der Waals surface area contributed by atoms with Crippen molar-refractivity contribution in [3.8, 4) is 0 Å². The number of aromatic amines is 1. The average molecular weight is 286 g/mol. The predicted octanol–water partition coefficient (Wildman–Crippen LogP) is 1.84. The van der Waals surface area contributed by atoms with Crippen molar-refractivity contribution in [2.45, 2.75) is 38.1 Å². The van der Waals surface area contributed by atoms with Crippen molar-refractivity contribution >= 4 is 16.9 Å². The van der Waals surface area contributed by atoms with Gasteiger partial charge in [0.2, 0.25) is 5.91 Å². The van der Waals surface area contributed by atoms with E-state index in [0.29, 0.717) is 12.8 Å². The Morgan fingerprint density at radius 1 is 1.33 bits per heavy atom. The number of fused-ring (bicyclic) bond motifs is 1. The van der Waals surface area contributed by atoms with Crippen LogP contribution in [0.1, 0.15) is 31.5 Å². The van der Waals surface area contributed by atoms with Crippen LogP contribution in [0.3, 0.4) is 0 Å². The number of hydrogen-bond acceptors (Lipinski definition) is 3. The van der Waals surface area contributed by atoms with Gasteiger partial charge in [0.15, 0.2) is 0 Å². The molecule has 21 heavy (non-hydrogen) atoms. The molecule has 1 amide bonds. The molecule has 1 aromatic carbocycles. The van der Waals surface area contributed by atoms with Crippen LogP contribution in [0.4, 0.5) is 0 Å². The molecule has 2 aromatic rings. The molecule has 0 spiro atoms. The molecule has 1 aliphatic heterocycles. The summed E-state index contributed by atoms with van der Waals surface area (Å²) >= 11 is 0. The van der Waals surface area contributed by atoms with Gasteiger partial charge in [-0.05, 0) is 31.4 Å². The third-order valence-corrected chi connectivity index (χ3v) is 4.14. The highest BCUT2D eigenvalue weighted by Crippen LogP contribution is 2.13. The summed E-state index contributed by atoms with van der Waals surface area (Å²) in [5, 5.41) is 0. The molecular formula is C16H22N4O. The summed E-state index contributed by atoms with van der Waals surface area (Å²) in [6.07, 6.45) is 4.12. The van der Waals surface area contributed by atoms with Crippen LogP contribution in [-0.4, -0.2) is 39.9 Å². The standard InChI is InChI=1S/C16H22N4O/c17-12-4-3-10-20(11-9-12)16(21)8-7-15-18-13-5-1-2-6-14(13)19-15/h1-2,5-6,12H,3-4,7-11,17H2,(H,18,19)/t12-/m1/s1. The van der Waals surface area contributed by atoms with E-state index in [1.807, 2.05) is 29.2 Å². The topological polar surface area (TPSA) is 75.0 Å². The van der Waals surface area contributed by atoms with Gasteiger partial charge in [-0.3, -0.25) is 4.79 Å². The number of benzene rings is 1. The van der Waals surface area contributed by atoms with Gasteiger partial charge in [-0.25, -0.2) is 4.98 Å². The molecule has 1 fully saturated rings. The summed E-state index contributed by atoms with van der Waals surface area (Å²) in [5.74, 6) is 1.10. The summed E-state index contributed by atoms with van der Waals surface area (Å²) in [7, 11) is 0. The predicted molar refractivity (Wildman–Crippen MR) is 82.8 cm³/mol. The van der Waals surface area contributed by atoms with Gasteiger partial charge < -0.3 is 15.6 Å². The fourth-order valence-electron chi connectivity index (χ4n) is 2.88. The number of para-hydroxylation sites is 2. The van der Waals surface area contributed by atoms with Crippen molar-refractivity contribution < 1.29 is 4.79 Å². The van der Waals surface area contributed by atoms with Gasteiger partial charge in [-0.15, -0.1) is 0 Å². The number of hydrogen-bond donors (Lipinski definition) is 2. The van der Waals surface area contributed by atoms with Crippen molar-refractivity contribution in [3.05, 3.63) is 30.1 Å². The minimum absolute atomic E-state index is 0.213. The lowest BCUT2D eigenvalue weighted by Gasteiger charge is -2.20. The molecule has 0 radical (unpaired) electrons. The number of rotatable bonds is 3. The molecule has 112 valence electrons. The highest BCUT2D eigenvalue weighted by molar-refractivity contribution is 5.77. The summed E-state index contributed by atoms with van der Waals surface area (Å²) in [4.78, 5) is 22.0. The lowest BCUT2D eigenvalue weighted by Crippen LogP contribution is -2.33. The van der Waals surface area contributed by atoms with E-state index in [9.17, 15) is 4.79 Å². The highest BCUT2D eigenvalue weighted by atomic mass is 16.2. The average Bonchev–Trinajstić information content (AvgIpc) is 2.78. The quantitative estimate of drug-likeness (QED) is 0.904. The highest BCUT2D eigenvalue weighted by Gasteiger charge is 2.18. The number of nitrogens with two attached hydrogens (primary N) is 1. The molecule has 1 saturated heterocycles. The smallest absolute Gasteiger partial charge is 0.223 e. The van der Waals surface area contributed by atoms with E-state index in [1.54, 1.807) is 0 Å². The van der Waals surface area contributed by atoms with Crippen LogP contribution in [0.2, 0.25) is 0 Å². The zero-order valence-electron chi connectivity index (χ0n) is 12.2. The summed E-state index contributed by atoms with van der Waals surface area (Å²) < 4.78 is 0. The van der Waals surface area contributed by atoms with Crippen molar-refractivity contribution in [1.82, 2.24) is 14.9 Å². The number of amides is 1. The third-order valence-electron chi connectivity index (χ3n) is 4.14. The fraction of sp³-hybridized carbons (Fsp3) is 0.500. The Bertz CT molecular complexity index is 589. The second-order valence-electron chi connectivity index (χ2n) is 5.77. The molecule has 3 N–H and O–H groups in total. The summed E-state index contributed by atoms with van der Waals surface area (Å²) in [5.41, 5.74) is 7.94. The molecule has 1 atom stereocenters. The van der Waals surface area contributed by atoms with Gasteiger partial charge in [0.25, 0.3) is 0 Å². The van der Waals surface area contributed by atoms with E-state index < -0.39 is 0 Å². The van der Waals surface area contributed by atoms with E-state index in [2.05, 4.69) is 9.97 Å². The molecule has 1 aliphatic rings. The van der Waals surface area contributed by atoms with Crippen molar-refractivity contribution in [2.75, 3.05) is 13.1 Å². The van der Waals surface area contributed by atoms with Crippen LogP contribution in [0.15, 0.2) is 24.3 Å². The normalized spacial score (nSPS) is 19.7. The summed E-state index contributed by atoms with van der Waals surface area (Å²) in [6, 6.07) is 8.18. The lowest BCUT2D eigenvalue weighted by atomic mass is 10.1. The van der Waals surface area contributed by atoms with E-state index in [1.165, 1.54) is 0 Å². The van der Waals surface area contributed by atoms with Crippen molar-refractivity contribution in [1.29, 1.82) is 0 Å². The second-order valence-corrected chi connectivity index (χ2v) is 5.77. The van der Waals surface area contributed by atoms with Crippen LogP contribution >= 0.6 is 0 Å². The number of carbonyl (C=O) groups is 1. The van der Waals surface area contributed by atoms with Gasteiger partial charge in [-0.2, -0.15) is 0 Å². The Morgan fingerprint density at radius 3 is 3.05 bits per heavy atom. The van der Waals surface area contributed by atoms with Gasteiger partial charge in [0.05, 0.1) is 11.0 Å². The van der Waals surface area contributed by atoms with E-state index in [-0.39, 0.29) is 11.9 Å². The van der Waals surface area contributed by atoms with E-state index >= 15 is 0 Å². The van der Waals surface area contributed by atoms with E-state index in [0.717, 1.165) is 49.2 Å². The third kappa shape index (κ3) is 3.42. The van der Waals surface area contributed by atoms with Crippen molar-refractivity contribution in [3.63, 3.8) is 0 Å². The zero-order valence-corrected chi connectivity index (χ0v) is 12.2. The minimum Gasteiger partial charge on any atom is -0.343 e.